The third kappa shape index (κ3) is 4.20. The molecule has 3 aromatic rings. The minimum atomic E-state index is -0.686. The van der Waals surface area contributed by atoms with Crippen LogP contribution in [0.3, 0.4) is 0 Å². The van der Waals surface area contributed by atoms with E-state index in [2.05, 4.69) is 15.9 Å². The summed E-state index contributed by atoms with van der Waals surface area (Å²) in [4.78, 5) is 29.0. The second-order valence-corrected chi connectivity index (χ2v) is 9.71. The molecule has 2 aromatic carbocycles. The van der Waals surface area contributed by atoms with Crippen molar-refractivity contribution in [2.24, 2.45) is 0 Å². The summed E-state index contributed by atoms with van der Waals surface area (Å²) in [5.41, 5.74) is 2.86. The first-order valence-corrected chi connectivity index (χ1v) is 12.0. The first kappa shape index (κ1) is 24.3. The van der Waals surface area contributed by atoms with E-state index < -0.39 is 6.04 Å². The molecule has 180 valence electrons. The Labute approximate surface area is 206 Å². The van der Waals surface area contributed by atoms with E-state index in [-0.39, 0.29) is 34.7 Å². The van der Waals surface area contributed by atoms with Crippen LogP contribution < -0.4 is 10.2 Å². The molecule has 1 aliphatic rings. The van der Waals surface area contributed by atoms with Crippen LogP contribution in [0.5, 0.6) is 11.5 Å². The van der Waals surface area contributed by atoms with E-state index in [1.54, 1.807) is 23.1 Å². The summed E-state index contributed by atoms with van der Waals surface area (Å²) < 4.78 is 17.5. The monoisotopic (exact) mass is 529 g/mol. The van der Waals surface area contributed by atoms with Gasteiger partial charge in [-0.25, -0.2) is 0 Å². The lowest BCUT2D eigenvalue weighted by molar-refractivity contribution is 0.0593. The lowest BCUT2D eigenvalue weighted by Crippen LogP contribution is -2.31. The summed E-state index contributed by atoms with van der Waals surface area (Å²) in [6, 6.07) is 6.38. The van der Waals surface area contributed by atoms with Crippen molar-refractivity contribution in [3.63, 3.8) is 0 Å². The van der Waals surface area contributed by atoms with E-state index in [9.17, 15) is 14.7 Å². The molecule has 4 rings (SSSR count). The number of methoxy groups -OCH3 is 1. The second-order valence-electron chi connectivity index (χ2n) is 8.86. The Kier molecular flexibility index (Phi) is 6.73. The van der Waals surface area contributed by atoms with Crippen molar-refractivity contribution in [2.45, 2.75) is 46.3 Å². The third-order valence-electron chi connectivity index (χ3n) is 5.99. The fourth-order valence-electron chi connectivity index (χ4n) is 4.55. The normalized spacial score (nSPS) is 15.4. The minimum Gasteiger partial charge on any atom is -0.503 e. The van der Waals surface area contributed by atoms with Crippen LogP contribution in [0, 0.1) is 13.8 Å². The van der Waals surface area contributed by atoms with Crippen molar-refractivity contribution in [2.75, 3.05) is 20.3 Å². The number of halogens is 1. The van der Waals surface area contributed by atoms with Gasteiger partial charge >= 0.3 is 0 Å². The summed E-state index contributed by atoms with van der Waals surface area (Å²) in [5, 5.41) is 10.8. The number of phenols is 1. The predicted molar refractivity (Wildman–Crippen MR) is 133 cm³/mol. The fraction of sp³-hybridized carbons (Fsp3) is 0.385. The molecule has 0 fully saturated rings. The summed E-state index contributed by atoms with van der Waals surface area (Å²) in [6.45, 7) is 8.55. The van der Waals surface area contributed by atoms with Gasteiger partial charge in [0.05, 0.1) is 34.7 Å². The van der Waals surface area contributed by atoms with Crippen LogP contribution in [0.25, 0.3) is 11.0 Å². The Bertz CT molecular complexity index is 1330. The summed E-state index contributed by atoms with van der Waals surface area (Å²) in [7, 11) is 1.45. The van der Waals surface area contributed by atoms with E-state index in [1.807, 2.05) is 33.8 Å². The van der Waals surface area contributed by atoms with Crippen molar-refractivity contribution >= 4 is 32.8 Å². The molecule has 0 aliphatic carbocycles. The molecule has 1 unspecified atom stereocenters. The molecule has 1 aromatic heterocycles. The Morgan fingerprint density at radius 3 is 2.59 bits per heavy atom. The van der Waals surface area contributed by atoms with E-state index in [4.69, 9.17) is 13.9 Å². The molecular weight excluding hydrogens is 502 g/mol. The van der Waals surface area contributed by atoms with E-state index >= 15 is 0 Å². The quantitative estimate of drug-likeness (QED) is 0.420. The zero-order valence-electron chi connectivity index (χ0n) is 19.9. The lowest BCUT2D eigenvalue weighted by atomic mass is 9.96. The molecule has 0 saturated heterocycles. The predicted octanol–water partition coefficient (Wildman–Crippen LogP) is 5.25. The second kappa shape index (κ2) is 9.43. The Balaban J connectivity index is 1.91. The zero-order valence-corrected chi connectivity index (χ0v) is 21.5. The van der Waals surface area contributed by atoms with Gasteiger partial charge in [0.25, 0.3) is 5.91 Å². The van der Waals surface area contributed by atoms with Crippen molar-refractivity contribution < 1.29 is 23.8 Å². The van der Waals surface area contributed by atoms with Gasteiger partial charge in [-0.1, -0.05) is 6.07 Å². The number of benzene rings is 2. The number of amides is 1. The van der Waals surface area contributed by atoms with E-state index in [0.29, 0.717) is 46.1 Å². The SMILES string of the molecule is COc1cc(C2c3c(oc4cc(C)cc(C)c4c3=O)C(=O)N2CCCOC(C)C)cc(Br)c1O. The number of hydrogen-bond acceptors (Lipinski definition) is 6. The molecule has 7 nitrogen and oxygen atoms in total. The molecule has 2 heterocycles. The molecule has 1 aliphatic heterocycles. The number of aromatic hydroxyl groups is 1. The van der Waals surface area contributed by atoms with E-state index in [0.717, 1.165) is 11.1 Å². The van der Waals surface area contributed by atoms with Crippen LogP contribution in [0.2, 0.25) is 0 Å². The first-order valence-electron chi connectivity index (χ1n) is 11.2. The molecule has 0 bridgehead atoms. The van der Waals surface area contributed by atoms with Gasteiger partial charge in [0.15, 0.2) is 16.9 Å². The molecular formula is C26H28BrNO6. The van der Waals surface area contributed by atoms with Crippen molar-refractivity contribution in [3.05, 3.63) is 67.0 Å². The average molecular weight is 530 g/mol. The van der Waals surface area contributed by atoms with Crippen LogP contribution in [0.1, 0.15) is 59.1 Å². The Hall–Kier alpha value is -2.84. The maximum absolute atomic E-state index is 13.8. The van der Waals surface area contributed by atoms with Crippen LogP contribution in [-0.2, 0) is 4.74 Å². The molecule has 0 saturated carbocycles. The number of ether oxygens (including phenoxy) is 2. The van der Waals surface area contributed by atoms with Gasteiger partial charge in [0, 0.05) is 13.2 Å². The third-order valence-corrected chi connectivity index (χ3v) is 6.60. The number of carbonyl (C=O) groups excluding carboxylic acids is 1. The minimum absolute atomic E-state index is 0.0513. The van der Waals surface area contributed by atoms with E-state index in [1.165, 1.54) is 7.11 Å². The van der Waals surface area contributed by atoms with Crippen LogP contribution in [-0.4, -0.2) is 42.3 Å². The summed E-state index contributed by atoms with van der Waals surface area (Å²) >= 11 is 3.36. The maximum Gasteiger partial charge on any atom is 0.290 e. The van der Waals surface area contributed by atoms with Crippen molar-refractivity contribution in [1.29, 1.82) is 0 Å². The highest BCUT2D eigenvalue weighted by atomic mass is 79.9. The van der Waals surface area contributed by atoms with Crippen molar-refractivity contribution in [3.8, 4) is 11.5 Å². The Morgan fingerprint density at radius 2 is 1.91 bits per heavy atom. The molecule has 0 radical (unpaired) electrons. The average Bonchev–Trinajstić information content (AvgIpc) is 3.04. The largest absolute Gasteiger partial charge is 0.503 e. The molecule has 8 heteroatoms. The summed E-state index contributed by atoms with van der Waals surface area (Å²) in [5.74, 6) is -0.0961. The molecule has 1 N–H and O–H groups in total. The van der Waals surface area contributed by atoms with Crippen LogP contribution in [0.15, 0.2) is 37.9 Å². The topological polar surface area (TPSA) is 89.2 Å². The van der Waals surface area contributed by atoms with Gasteiger partial charge in [-0.2, -0.15) is 0 Å². The number of hydrogen-bond donors (Lipinski definition) is 1. The highest BCUT2D eigenvalue weighted by Crippen LogP contribution is 2.43. The molecule has 1 amide bonds. The number of nitrogens with zero attached hydrogens (tertiary/aromatic N) is 1. The standard InChI is InChI=1S/C26H28BrNO6/c1-13(2)33-8-6-7-28-22(16-11-17(27)23(29)19(12-16)32-5)21-24(30)20-15(4)9-14(3)10-18(20)34-25(21)26(28)31/h9-13,22,29H,6-8H2,1-5H3. The molecule has 1 atom stereocenters. The fourth-order valence-corrected chi connectivity index (χ4v) is 5.01. The Morgan fingerprint density at radius 1 is 1.18 bits per heavy atom. The van der Waals surface area contributed by atoms with Gasteiger partial charge in [0.1, 0.15) is 5.58 Å². The van der Waals surface area contributed by atoms with Crippen LogP contribution >= 0.6 is 15.9 Å². The number of carbonyl (C=O) groups is 1. The number of aryl methyl sites for hydroxylation is 2. The molecule has 0 spiro atoms. The first-order chi connectivity index (χ1) is 16.1. The van der Waals surface area contributed by atoms with Gasteiger partial charge in [0.2, 0.25) is 5.76 Å². The lowest BCUT2D eigenvalue weighted by Gasteiger charge is -2.26. The highest BCUT2D eigenvalue weighted by molar-refractivity contribution is 9.10. The number of phenolic OH excluding ortho intramolecular Hbond substituents is 1. The van der Waals surface area contributed by atoms with Gasteiger partial charge in [-0.05, 0) is 84.9 Å². The van der Waals surface area contributed by atoms with Gasteiger partial charge < -0.3 is 23.9 Å². The number of rotatable bonds is 7. The maximum atomic E-state index is 13.8. The van der Waals surface area contributed by atoms with Crippen molar-refractivity contribution in [1.82, 2.24) is 4.90 Å². The molecule has 34 heavy (non-hydrogen) atoms. The van der Waals surface area contributed by atoms with Gasteiger partial charge in [-0.15, -0.1) is 0 Å². The highest BCUT2D eigenvalue weighted by Gasteiger charge is 2.43. The smallest absolute Gasteiger partial charge is 0.290 e. The van der Waals surface area contributed by atoms with Gasteiger partial charge in [-0.3, -0.25) is 9.59 Å². The number of fused-ring (bicyclic) bond motifs is 2. The van der Waals surface area contributed by atoms with Crippen LogP contribution in [0.4, 0.5) is 0 Å². The summed E-state index contributed by atoms with van der Waals surface area (Å²) in [6.07, 6.45) is 0.677. The zero-order chi connectivity index (χ0) is 24.7.